The van der Waals surface area contributed by atoms with Crippen molar-refractivity contribution in [2.24, 2.45) is 5.92 Å². The van der Waals surface area contributed by atoms with E-state index in [1.54, 1.807) is 0 Å². The fourth-order valence-corrected chi connectivity index (χ4v) is 7.14. The summed E-state index contributed by atoms with van der Waals surface area (Å²) >= 11 is 2.86. The van der Waals surface area contributed by atoms with Gasteiger partial charge in [0.05, 0.1) is 21.9 Å². The predicted octanol–water partition coefficient (Wildman–Crippen LogP) is 6.36. The number of ketones is 1. The van der Waals surface area contributed by atoms with E-state index in [9.17, 15) is 9.59 Å². The molecule has 5 rings (SSSR count). The molecule has 2 aliphatic rings. The summed E-state index contributed by atoms with van der Waals surface area (Å²) in [6, 6.07) is 12.2. The maximum absolute atomic E-state index is 14.2. The summed E-state index contributed by atoms with van der Waals surface area (Å²) in [6.07, 6.45) is 6.60. The first-order valence-corrected chi connectivity index (χ1v) is 13.8. The molecular formula is C27H30N2O2S2. The molecule has 1 fully saturated rings. The summed E-state index contributed by atoms with van der Waals surface area (Å²) in [5, 5.41) is 2.59. The number of hydrogen-bond acceptors (Lipinski definition) is 5. The third kappa shape index (κ3) is 4.24. The van der Waals surface area contributed by atoms with Crippen LogP contribution in [0.25, 0.3) is 11.3 Å². The van der Waals surface area contributed by atoms with E-state index in [0.29, 0.717) is 17.6 Å². The van der Waals surface area contributed by atoms with Gasteiger partial charge in [-0.3, -0.25) is 14.2 Å². The number of thiophene rings is 1. The van der Waals surface area contributed by atoms with Crippen LogP contribution in [-0.4, -0.2) is 21.1 Å². The van der Waals surface area contributed by atoms with Crippen molar-refractivity contribution in [2.75, 3.05) is 5.75 Å². The molecule has 2 aromatic heterocycles. The Hall–Kier alpha value is -2.18. The molecule has 0 saturated heterocycles. The molecule has 0 aliphatic heterocycles. The van der Waals surface area contributed by atoms with Crippen molar-refractivity contribution < 1.29 is 4.79 Å². The van der Waals surface area contributed by atoms with Crippen molar-refractivity contribution in [3.63, 3.8) is 0 Å². The number of thioether (sulfide) groups is 1. The highest BCUT2D eigenvalue weighted by atomic mass is 32.2. The minimum Gasteiger partial charge on any atom is -0.292 e. The van der Waals surface area contributed by atoms with Crippen LogP contribution in [0.1, 0.15) is 66.8 Å². The number of nitrogens with zero attached hydrogens (tertiary/aromatic N) is 2. The van der Waals surface area contributed by atoms with Crippen LogP contribution in [0.4, 0.5) is 0 Å². The highest BCUT2D eigenvalue weighted by Gasteiger charge is 2.43. The zero-order valence-corrected chi connectivity index (χ0v) is 20.9. The van der Waals surface area contributed by atoms with Crippen LogP contribution >= 0.6 is 23.1 Å². The van der Waals surface area contributed by atoms with Gasteiger partial charge in [0.25, 0.3) is 5.56 Å². The monoisotopic (exact) mass is 478 g/mol. The van der Waals surface area contributed by atoms with Crippen molar-refractivity contribution in [1.29, 1.82) is 0 Å². The van der Waals surface area contributed by atoms with E-state index < -0.39 is 0 Å². The fraction of sp³-hybridized carbons (Fsp3) is 0.444. The van der Waals surface area contributed by atoms with Gasteiger partial charge in [-0.25, -0.2) is 4.98 Å². The topological polar surface area (TPSA) is 52.0 Å². The van der Waals surface area contributed by atoms with Crippen molar-refractivity contribution in [1.82, 2.24) is 9.55 Å². The maximum Gasteiger partial charge on any atom is 0.258 e. The average molecular weight is 479 g/mol. The molecule has 1 aromatic carbocycles. The Bertz CT molecular complexity index is 1220. The Morgan fingerprint density at radius 3 is 2.67 bits per heavy atom. The Balaban J connectivity index is 1.64. The lowest BCUT2D eigenvalue weighted by Gasteiger charge is -2.42. The number of benzene rings is 1. The molecule has 1 saturated carbocycles. The number of Topliss-reactive ketones (excluding diaryl/α,β-unsaturated/α-hetero) is 1. The number of aromatic nitrogens is 2. The van der Waals surface area contributed by atoms with Crippen molar-refractivity contribution in [2.45, 2.75) is 69.5 Å². The van der Waals surface area contributed by atoms with Crippen molar-refractivity contribution in [3.05, 3.63) is 68.1 Å². The third-order valence-electron chi connectivity index (χ3n) is 6.95. The summed E-state index contributed by atoms with van der Waals surface area (Å²) in [5.74, 6) is 0.687. The zero-order chi connectivity index (χ0) is 23.0. The van der Waals surface area contributed by atoms with Crippen LogP contribution in [0.15, 0.2) is 51.7 Å². The SMILES string of the molecule is CC(C)Cn1c(SCC(=O)c2cccs2)nc2c(c1=O)C1(CCCCC1)Cc1ccccc1-2. The van der Waals surface area contributed by atoms with Crippen molar-refractivity contribution in [3.8, 4) is 11.3 Å². The van der Waals surface area contributed by atoms with Crippen LogP contribution in [-0.2, 0) is 18.4 Å². The number of rotatable bonds is 6. The number of carbonyl (C=O) groups excluding carboxylic acids is 1. The molecule has 0 amide bonds. The average Bonchev–Trinajstić information content (AvgIpc) is 3.35. The first-order valence-electron chi connectivity index (χ1n) is 11.9. The van der Waals surface area contributed by atoms with E-state index in [-0.39, 0.29) is 22.5 Å². The van der Waals surface area contributed by atoms with Gasteiger partial charge in [0.2, 0.25) is 0 Å². The Kier molecular flexibility index (Phi) is 6.32. The van der Waals surface area contributed by atoms with E-state index in [1.165, 1.54) is 35.1 Å². The third-order valence-corrected chi connectivity index (χ3v) is 8.84. The van der Waals surface area contributed by atoms with Gasteiger partial charge in [-0.05, 0) is 42.2 Å². The van der Waals surface area contributed by atoms with E-state index in [4.69, 9.17) is 4.98 Å². The van der Waals surface area contributed by atoms with Gasteiger partial charge >= 0.3 is 0 Å². The number of carbonyl (C=O) groups is 1. The van der Waals surface area contributed by atoms with E-state index in [0.717, 1.165) is 53.8 Å². The van der Waals surface area contributed by atoms with Gasteiger partial charge in [0.15, 0.2) is 10.9 Å². The molecule has 0 N–H and O–H groups in total. The highest BCUT2D eigenvalue weighted by Crippen LogP contribution is 2.48. The summed E-state index contributed by atoms with van der Waals surface area (Å²) in [7, 11) is 0. The van der Waals surface area contributed by atoms with E-state index >= 15 is 0 Å². The molecule has 172 valence electrons. The zero-order valence-electron chi connectivity index (χ0n) is 19.3. The van der Waals surface area contributed by atoms with Gasteiger partial charge < -0.3 is 0 Å². The Morgan fingerprint density at radius 2 is 1.94 bits per heavy atom. The molecule has 2 heterocycles. The van der Waals surface area contributed by atoms with Crippen LogP contribution in [0.2, 0.25) is 0 Å². The van der Waals surface area contributed by atoms with Crippen LogP contribution < -0.4 is 5.56 Å². The number of fused-ring (bicyclic) bond motifs is 4. The Labute approximate surface area is 203 Å². The largest absolute Gasteiger partial charge is 0.292 e. The lowest BCUT2D eigenvalue weighted by molar-refractivity contribution is 0.102. The molecule has 1 spiro atoms. The van der Waals surface area contributed by atoms with Gasteiger partial charge in [-0.15, -0.1) is 11.3 Å². The lowest BCUT2D eigenvalue weighted by atomic mass is 9.62. The first-order chi connectivity index (χ1) is 16.0. The molecule has 0 atom stereocenters. The summed E-state index contributed by atoms with van der Waals surface area (Å²) in [6.45, 7) is 4.87. The minimum absolute atomic E-state index is 0.0854. The van der Waals surface area contributed by atoms with Crippen LogP contribution in [0, 0.1) is 5.92 Å². The molecule has 0 unspecified atom stereocenters. The standard InChI is InChI=1S/C27H30N2O2S2/c1-18(2)16-29-25(31)23-24(28-26(29)33-17-21(30)22-11-8-14-32-22)20-10-5-4-9-19(20)15-27(23)12-6-3-7-13-27/h4-5,8-11,14,18H,3,6-7,12-13,15-17H2,1-2H3. The molecule has 0 bridgehead atoms. The normalized spacial score (nSPS) is 16.6. The molecule has 4 nitrogen and oxygen atoms in total. The second kappa shape index (κ2) is 9.22. The minimum atomic E-state index is -0.110. The summed E-state index contributed by atoms with van der Waals surface area (Å²) in [4.78, 5) is 32.8. The van der Waals surface area contributed by atoms with E-state index in [2.05, 4.69) is 32.0 Å². The van der Waals surface area contributed by atoms with Crippen LogP contribution in [0.5, 0.6) is 0 Å². The van der Waals surface area contributed by atoms with Gasteiger partial charge in [-0.1, -0.05) is 75.2 Å². The molecular weight excluding hydrogens is 448 g/mol. The van der Waals surface area contributed by atoms with Crippen molar-refractivity contribution >= 4 is 28.9 Å². The molecule has 33 heavy (non-hydrogen) atoms. The predicted molar refractivity (Wildman–Crippen MR) is 137 cm³/mol. The van der Waals surface area contributed by atoms with E-state index in [1.807, 2.05) is 28.1 Å². The summed E-state index contributed by atoms with van der Waals surface area (Å²) < 4.78 is 1.86. The van der Waals surface area contributed by atoms with Gasteiger partial charge in [0.1, 0.15) is 0 Å². The first kappa shape index (κ1) is 22.6. The molecule has 3 aromatic rings. The van der Waals surface area contributed by atoms with Crippen LogP contribution in [0.3, 0.4) is 0 Å². The maximum atomic E-state index is 14.2. The molecule has 0 radical (unpaired) electrons. The lowest BCUT2D eigenvalue weighted by Crippen LogP contribution is -2.43. The quantitative estimate of drug-likeness (QED) is 0.235. The van der Waals surface area contributed by atoms with Gasteiger partial charge in [-0.2, -0.15) is 0 Å². The molecule has 2 aliphatic carbocycles. The van der Waals surface area contributed by atoms with Gasteiger partial charge in [0, 0.05) is 17.5 Å². The Morgan fingerprint density at radius 1 is 1.15 bits per heavy atom. The molecule has 6 heteroatoms. The second-order valence-electron chi connectivity index (χ2n) is 9.79. The fourth-order valence-electron chi connectivity index (χ4n) is 5.50. The smallest absolute Gasteiger partial charge is 0.258 e. The second-order valence-corrected chi connectivity index (χ2v) is 11.7. The summed E-state index contributed by atoms with van der Waals surface area (Å²) in [5.41, 5.74) is 4.16. The number of hydrogen-bond donors (Lipinski definition) is 0. The highest BCUT2D eigenvalue weighted by molar-refractivity contribution is 7.99.